The smallest absolute Gasteiger partial charge is 0.321 e. The van der Waals surface area contributed by atoms with Gasteiger partial charge in [0.2, 0.25) is 0 Å². The normalized spacial score (nSPS) is 10.4. The fourth-order valence-electron chi connectivity index (χ4n) is 2.45. The van der Waals surface area contributed by atoms with Crippen LogP contribution in [0.15, 0.2) is 35.4 Å². The van der Waals surface area contributed by atoms with Gasteiger partial charge in [0.05, 0.1) is 19.3 Å². The lowest BCUT2D eigenvalue weighted by Crippen LogP contribution is -2.31. The first kappa shape index (κ1) is 18.1. The number of rotatable bonds is 5. The molecule has 128 valence electrons. The van der Waals surface area contributed by atoms with Crippen molar-refractivity contribution in [3.63, 3.8) is 0 Å². The predicted octanol–water partition coefficient (Wildman–Crippen LogP) is 4.09. The number of hydrogen-bond acceptors (Lipinski definition) is 4. The molecule has 6 heteroatoms. The van der Waals surface area contributed by atoms with Crippen molar-refractivity contribution in [2.75, 3.05) is 25.7 Å². The summed E-state index contributed by atoms with van der Waals surface area (Å²) in [6, 6.07) is 7.60. The van der Waals surface area contributed by atoms with Gasteiger partial charge in [0, 0.05) is 35.0 Å². The van der Waals surface area contributed by atoms with Crippen LogP contribution in [0.1, 0.15) is 16.8 Å². The van der Waals surface area contributed by atoms with Crippen molar-refractivity contribution < 1.29 is 9.53 Å². The van der Waals surface area contributed by atoms with Gasteiger partial charge in [-0.1, -0.05) is 6.07 Å². The molecule has 0 aliphatic rings. The van der Waals surface area contributed by atoms with Crippen molar-refractivity contribution in [1.82, 2.24) is 9.88 Å². The molecule has 2 rings (SSSR count). The van der Waals surface area contributed by atoms with Crippen LogP contribution in [-0.2, 0) is 6.54 Å². The highest BCUT2D eigenvalue weighted by Crippen LogP contribution is 2.25. The summed E-state index contributed by atoms with van der Waals surface area (Å²) in [4.78, 5) is 19.6. The first-order valence-electron chi connectivity index (χ1n) is 7.61. The van der Waals surface area contributed by atoms with E-state index in [4.69, 9.17) is 4.74 Å². The van der Waals surface area contributed by atoms with Crippen molar-refractivity contribution >= 4 is 23.5 Å². The van der Waals surface area contributed by atoms with E-state index in [2.05, 4.69) is 10.3 Å². The standard InChI is InChI=1S/C18H23N3O2S/c1-12-10-19-16(13(2)17(12)23-4)11-21(3)18(22)20-14-7-6-8-15(9-14)24-5/h6-10H,11H2,1-5H3,(H,20,22). The SMILES string of the molecule is COc1c(C)cnc(CN(C)C(=O)Nc2cccc(SC)c2)c1C. The minimum Gasteiger partial charge on any atom is -0.496 e. The van der Waals surface area contributed by atoms with Gasteiger partial charge >= 0.3 is 6.03 Å². The van der Waals surface area contributed by atoms with E-state index in [1.807, 2.05) is 44.4 Å². The Kier molecular flexibility index (Phi) is 6.09. The van der Waals surface area contributed by atoms with Crippen molar-refractivity contribution in [3.05, 3.63) is 47.3 Å². The molecule has 0 fully saturated rings. The molecule has 0 spiro atoms. The van der Waals surface area contributed by atoms with Gasteiger partial charge in [0.1, 0.15) is 5.75 Å². The number of pyridine rings is 1. The maximum Gasteiger partial charge on any atom is 0.321 e. The van der Waals surface area contributed by atoms with E-state index in [-0.39, 0.29) is 6.03 Å². The zero-order valence-electron chi connectivity index (χ0n) is 14.7. The first-order valence-corrected chi connectivity index (χ1v) is 8.84. The molecule has 1 aromatic carbocycles. The summed E-state index contributed by atoms with van der Waals surface area (Å²) in [7, 11) is 3.40. The summed E-state index contributed by atoms with van der Waals surface area (Å²) in [5, 5.41) is 2.91. The average molecular weight is 345 g/mol. The van der Waals surface area contributed by atoms with Crippen molar-refractivity contribution in [2.24, 2.45) is 0 Å². The molecule has 0 bridgehead atoms. The number of amides is 2. The molecule has 0 atom stereocenters. The quantitative estimate of drug-likeness (QED) is 0.829. The van der Waals surface area contributed by atoms with Crippen LogP contribution in [0.5, 0.6) is 5.75 Å². The second-order valence-electron chi connectivity index (χ2n) is 5.56. The molecule has 5 nitrogen and oxygen atoms in total. The van der Waals surface area contributed by atoms with Gasteiger partial charge < -0.3 is 15.0 Å². The van der Waals surface area contributed by atoms with E-state index in [9.17, 15) is 4.79 Å². The van der Waals surface area contributed by atoms with Crippen LogP contribution in [0.4, 0.5) is 10.5 Å². The molecule has 24 heavy (non-hydrogen) atoms. The topological polar surface area (TPSA) is 54.5 Å². The Bertz CT molecular complexity index is 734. The monoisotopic (exact) mass is 345 g/mol. The number of carbonyl (C=O) groups excluding carboxylic acids is 1. The number of benzene rings is 1. The van der Waals surface area contributed by atoms with E-state index in [1.54, 1.807) is 37.0 Å². The van der Waals surface area contributed by atoms with Crippen molar-refractivity contribution in [1.29, 1.82) is 0 Å². The number of aryl methyl sites for hydroxylation is 1. The molecular formula is C18H23N3O2S. The second kappa shape index (κ2) is 8.06. The summed E-state index contributed by atoms with van der Waals surface area (Å²) in [6.07, 6.45) is 3.78. The number of carbonyl (C=O) groups is 1. The van der Waals surface area contributed by atoms with Crippen LogP contribution in [0, 0.1) is 13.8 Å². The van der Waals surface area contributed by atoms with Gasteiger partial charge in [-0.15, -0.1) is 11.8 Å². The van der Waals surface area contributed by atoms with Crippen LogP contribution in [-0.4, -0.2) is 36.3 Å². The van der Waals surface area contributed by atoms with Crippen LogP contribution in [0.25, 0.3) is 0 Å². The molecule has 0 unspecified atom stereocenters. The Labute approximate surface area is 147 Å². The molecule has 2 amide bonds. The Morgan fingerprint density at radius 3 is 2.79 bits per heavy atom. The van der Waals surface area contributed by atoms with E-state index < -0.39 is 0 Å². The Morgan fingerprint density at radius 1 is 1.38 bits per heavy atom. The van der Waals surface area contributed by atoms with Crippen LogP contribution in [0.3, 0.4) is 0 Å². The first-order chi connectivity index (χ1) is 11.5. The Balaban J connectivity index is 2.09. The lowest BCUT2D eigenvalue weighted by atomic mass is 10.1. The molecular weight excluding hydrogens is 322 g/mol. The summed E-state index contributed by atoms with van der Waals surface area (Å²) < 4.78 is 5.42. The maximum atomic E-state index is 12.4. The third kappa shape index (κ3) is 4.20. The number of methoxy groups -OCH3 is 1. The number of urea groups is 1. The minimum absolute atomic E-state index is 0.172. The number of nitrogens with zero attached hydrogens (tertiary/aromatic N) is 2. The van der Waals surface area contributed by atoms with Crippen LogP contribution < -0.4 is 10.1 Å². The van der Waals surface area contributed by atoms with E-state index in [0.717, 1.165) is 33.2 Å². The molecule has 0 aliphatic carbocycles. The van der Waals surface area contributed by atoms with Gasteiger partial charge in [-0.3, -0.25) is 4.98 Å². The minimum atomic E-state index is -0.172. The number of aromatic nitrogens is 1. The van der Waals surface area contributed by atoms with Gasteiger partial charge in [0.15, 0.2) is 0 Å². The lowest BCUT2D eigenvalue weighted by molar-refractivity contribution is 0.220. The van der Waals surface area contributed by atoms with Gasteiger partial charge in [0.25, 0.3) is 0 Å². The average Bonchev–Trinajstić information content (AvgIpc) is 2.58. The van der Waals surface area contributed by atoms with E-state index in [0.29, 0.717) is 6.54 Å². The Morgan fingerprint density at radius 2 is 2.12 bits per heavy atom. The largest absolute Gasteiger partial charge is 0.496 e. The third-order valence-electron chi connectivity index (χ3n) is 3.80. The molecule has 1 heterocycles. The summed E-state index contributed by atoms with van der Waals surface area (Å²) in [5.74, 6) is 0.821. The number of nitrogens with one attached hydrogen (secondary N) is 1. The summed E-state index contributed by atoms with van der Waals surface area (Å²) >= 11 is 1.64. The lowest BCUT2D eigenvalue weighted by Gasteiger charge is -2.20. The van der Waals surface area contributed by atoms with Gasteiger partial charge in [-0.25, -0.2) is 4.79 Å². The molecule has 2 aromatic rings. The molecule has 0 saturated carbocycles. The Hall–Kier alpha value is -2.21. The molecule has 1 N–H and O–H groups in total. The summed E-state index contributed by atoms with van der Waals surface area (Å²) in [5.41, 5.74) is 3.55. The van der Waals surface area contributed by atoms with Crippen LogP contribution in [0.2, 0.25) is 0 Å². The number of ether oxygens (including phenoxy) is 1. The fraction of sp³-hybridized carbons (Fsp3) is 0.333. The highest BCUT2D eigenvalue weighted by molar-refractivity contribution is 7.98. The van der Waals surface area contributed by atoms with E-state index in [1.165, 1.54) is 0 Å². The predicted molar refractivity (Wildman–Crippen MR) is 99.0 cm³/mol. The molecule has 0 radical (unpaired) electrons. The molecule has 0 aliphatic heterocycles. The molecule has 0 saturated heterocycles. The number of anilines is 1. The summed E-state index contributed by atoms with van der Waals surface area (Å²) in [6.45, 7) is 4.33. The number of thioether (sulfide) groups is 1. The van der Waals surface area contributed by atoms with Crippen molar-refractivity contribution in [2.45, 2.75) is 25.3 Å². The fourth-order valence-corrected chi connectivity index (χ4v) is 2.91. The second-order valence-corrected chi connectivity index (χ2v) is 6.44. The highest BCUT2D eigenvalue weighted by atomic mass is 32.2. The zero-order chi connectivity index (χ0) is 17.7. The van der Waals surface area contributed by atoms with Gasteiger partial charge in [-0.05, 0) is 38.3 Å². The van der Waals surface area contributed by atoms with Gasteiger partial charge in [-0.2, -0.15) is 0 Å². The van der Waals surface area contributed by atoms with Crippen molar-refractivity contribution in [3.8, 4) is 5.75 Å². The highest BCUT2D eigenvalue weighted by Gasteiger charge is 2.15. The van der Waals surface area contributed by atoms with Crippen LogP contribution >= 0.6 is 11.8 Å². The van der Waals surface area contributed by atoms with E-state index >= 15 is 0 Å². The zero-order valence-corrected chi connectivity index (χ0v) is 15.5. The molecule has 1 aromatic heterocycles. The number of hydrogen-bond donors (Lipinski definition) is 1. The maximum absolute atomic E-state index is 12.4. The third-order valence-corrected chi connectivity index (χ3v) is 4.53.